The molecule has 1 aromatic rings. The van der Waals surface area contributed by atoms with Crippen LogP contribution in [-0.2, 0) is 12.1 Å². The van der Waals surface area contributed by atoms with Crippen LogP contribution in [-0.4, -0.2) is 14.9 Å². The highest BCUT2D eigenvalue weighted by Gasteiger charge is 2.59. The van der Waals surface area contributed by atoms with Crippen LogP contribution in [0.25, 0.3) is 0 Å². The molecule has 0 radical (unpaired) electrons. The molecule has 0 amide bonds. The van der Waals surface area contributed by atoms with Gasteiger partial charge in [0.15, 0.2) is 0 Å². The highest BCUT2D eigenvalue weighted by molar-refractivity contribution is 9.10. The molecule has 3 nitrogen and oxygen atoms in total. The zero-order valence-corrected chi connectivity index (χ0v) is 9.71. The highest BCUT2D eigenvalue weighted by Crippen LogP contribution is 2.62. The Hall–Kier alpha value is -0.350. The van der Waals surface area contributed by atoms with Crippen LogP contribution >= 0.6 is 15.9 Å². The van der Waals surface area contributed by atoms with Crippen LogP contribution in [0.15, 0.2) is 4.47 Å². The lowest BCUT2D eigenvalue weighted by molar-refractivity contribution is -0.101. The van der Waals surface area contributed by atoms with E-state index in [-0.39, 0.29) is 12.1 Å². The Morgan fingerprint density at radius 1 is 1.57 bits per heavy atom. The second kappa shape index (κ2) is 2.61. The average Bonchev–Trinajstić information content (AvgIpc) is 2.23. The molecule has 0 saturated heterocycles. The van der Waals surface area contributed by atoms with Gasteiger partial charge in [-0.05, 0) is 48.0 Å². The minimum atomic E-state index is 0.0772. The Morgan fingerprint density at radius 2 is 2.21 bits per heavy atom. The van der Waals surface area contributed by atoms with Gasteiger partial charge in [-0.25, -0.2) is 0 Å². The zero-order valence-electron chi connectivity index (χ0n) is 8.13. The van der Waals surface area contributed by atoms with Crippen LogP contribution in [0, 0.1) is 12.8 Å². The Bertz CT molecular complexity index is 382. The molecule has 14 heavy (non-hydrogen) atoms. The van der Waals surface area contributed by atoms with Gasteiger partial charge in [-0.1, -0.05) is 0 Å². The number of aromatic nitrogens is 2. The fourth-order valence-electron chi connectivity index (χ4n) is 2.78. The van der Waals surface area contributed by atoms with E-state index in [0.717, 1.165) is 21.8 Å². The molecule has 0 spiro atoms. The van der Waals surface area contributed by atoms with Crippen molar-refractivity contribution in [1.82, 2.24) is 9.78 Å². The minimum Gasteiger partial charge on any atom is -0.390 e. The number of aryl methyl sites for hydroxylation is 1. The maximum atomic E-state index is 9.32. The van der Waals surface area contributed by atoms with E-state index < -0.39 is 0 Å². The maximum Gasteiger partial charge on any atom is 0.0861 e. The second-order valence-corrected chi connectivity index (χ2v) is 5.41. The summed E-state index contributed by atoms with van der Waals surface area (Å²) in [5.41, 5.74) is 2.21. The molecular weight excluding hydrogens is 244 g/mol. The summed E-state index contributed by atoms with van der Waals surface area (Å²) in [6.45, 7) is 2.05. The summed E-state index contributed by atoms with van der Waals surface area (Å²) in [5, 5.41) is 13.8. The van der Waals surface area contributed by atoms with Gasteiger partial charge in [0, 0.05) is 0 Å². The quantitative estimate of drug-likeness (QED) is 0.879. The molecule has 2 bridgehead atoms. The predicted octanol–water partition coefficient (Wildman–Crippen LogP) is 1.96. The first-order valence-corrected chi connectivity index (χ1v) is 5.81. The van der Waals surface area contributed by atoms with Crippen molar-refractivity contribution in [3.63, 3.8) is 0 Å². The largest absolute Gasteiger partial charge is 0.390 e. The summed E-state index contributed by atoms with van der Waals surface area (Å²) < 4.78 is 3.04. The minimum absolute atomic E-state index is 0.0772. The van der Waals surface area contributed by atoms with E-state index in [0.29, 0.717) is 0 Å². The molecule has 3 aliphatic rings. The third-order valence-corrected chi connectivity index (χ3v) is 4.71. The summed E-state index contributed by atoms with van der Waals surface area (Å²) in [5.74, 6) is 0.935. The van der Waals surface area contributed by atoms with Gasteiger partial charge >= 0.3 is 0 Å². The Kier molecular flexibility index (Phi) is 1.66. The Balaban J connectivity index is 2.08. The van der Waals surface area contributed by atoms with Gasteiger partial charge in [0.25, 0.3) is 0 Å². The first kappa shape index (κ1) is 8.92. The van der Waals surface area contributed by atoms with Crippen LogP contribution in [0.1, 0.15) is 30.7 Å². The number of hydrogen-bond acceptors (Lipinski definition) is 2. The first-order chi connectivity index (χ1) is 6.66. The first-order valence-electron chi connectivity index (χ1n) is 5.01. The smallest absolute Gasteiger partial charge is 0.0861 e. The van der Waals surface area contributed by atoms with Crippen LogP contribution in [0.2, 0.25) is 0 Å². The molecule has 0 aliphatic heterocycles. The molecule has 0 unspecified atom stereocenters. The highest BCUT2D eigenvalue weighted by atomic mass is 79.9. The standard InChI is InChI=1S/C10H13BrN2O/c1-6-9(11)8(5-14)13(12-6)10-2-7(3-10)4-10/h7,14H,2-5H2,1H3. The van der Waals surface area contributed by atoms with Crippen molar-refractivity contribution in [1.29, 1.82) is 0 Å². The maximum absolute atomic E-state index is 9.32. The molecule has 1 heterocycles. The van der Waals surface area contributed by atoms with Crippen LogP contribution in [0.5, 0.6) is 0 Å². The summed E-state index contributed by atoms with van der Waals surface area (Å²) >= 11 is 3.48. The molecule has 3 saturated carbocycles. The lowest BCUT2D eigenvalue weighted by Crippen LogP contribution is -2.60. The molecular formula is C10H13BrN2O. The fourth-order valence-corrected chi connectivity index (χ4v) is 3.15. The van der Waals surface area contributed by atoms with Gasteiger partial charge in [0.05, 0.1) is 28.0 Å². The van der Waals surface area contributed by atoms with Gasteiger partial charge in [-0.15, -0.1) is 0 Å². The van der Waals surface area contributed by atoms with Gasteiger partial charge in [-0.2, -0.15) is 5.10 Å². The van der Waals surface area contributed by atoms with Crippen molar-refractivity contribution >= 4 is 15.9 Å². The molecule has 3 aliphatic carbocycles. The van der Waals surface area contributed by atoms with E-state index in [1.54, 1.807) is 0 Å². The van der Waals surface area contributed by atoms with Crippen molar-refractivity contribution in [2.45, 2.75) is 38.3 Å². The molecule has 0 atom stereocenters. The van der Waals surface area contributed by atoms with E-state index in [2.05, 4.69) is 25.7 Å². The van der Waals surface area contributed by atoms with Crippen LogP contribution in [0.4, 0.5) is 0 Å². The van der Waals surface area contributed by atoms with E-state index >= 15 is 0 Å². The van der Waals surface area contributed by atoms with E-state index in [1.807, 2.05) is 6.92 Å². The number of hydrogen-bond donors (Lipinski definition) is 1. The molecule has 1 aromatic heterocycles. The lowest BCUT2D eigenvalue weighted by atomic mass is 9.50. The van der Waals surface area contributed by atoms with E-state index in [9.17, 15) is 5.11 Å². The third kappa shape index (κ3) is 0.885. The van der Waals surface area contributed by atoms with Gasteiger partial charge in [0.2, 0.25) is 0 Å². The molecule has 4 heteroatoms. The normalized spacial score (nSPS) is 33.8. The van der Waals surface area contributed by atoms with E-state index in [4.69, 9.17) is 0 Å². The number of rotatable bonds is 2. The van der Waals surface area contributed by atoms with Crippen molar-refractivity contribution in [2.75, 3.05) is 0 Å². The van der Waals surface area contributed by atoms with Crippen molar-refractivity contribution in [2.24, 2.45) is 5.92 Å². The van der Waals surface area contributed by atoms with Gasteiger partial charge in [-0.3, -0.25) is 4.68 Å². The number of halogens is 1. The fraction of sp³-hybridized carbons (Fsp3) is 0.700. The second-order valence-electron chi connectivity index (χ2n) is 4.62. The number of aliphatic hydroxyl groups excluding tert-OH is 1. The Labute approximate surface area is 91.2 Å². The Morgan fingerprint density at radius 3 is 2.64 bits per heavy atom. The van der Waals surface area contributed by atoms with Crippen LogP contribution in [0.3, 0.4) is 0 Å². The van der Waals surface area contributed by atoms with Crippen molar-refractivity contribution < 1.29 is 5.11 Å². The van der Waals surface area contributed by atoms with Gasteiger partial charge < -0.3 is 5.11 Å². The summed E-state index contributed by atoms with van der Waals surface area (Å²) in [6, 6.07) is 0. The number of aliphatic hydroxyl groups is 1. The summed E-state index contributed by atoms with van der Waals surface area (Å²) in [7, 11) is 0. The SMILES string of the molecule is Cc1nn(C23CC(C2)C3)c(CO)c1Br. The van der Waals surface area contributed by atoms with Crippen molar-refractivity contribution in [3.05, 3.63) is 15.9 Å². The molecule has 1 N–H and O–H groups in total. The van der Waals surface area contributed by atoms with Gasteiger partial charge in [0.1, 0.15) is 0 Å². The molecule has 3 fully saturated rings. The average molecular weight is 257 g/mol. The predicted molar refractivity (Wildman–Crippen MR) is 55.9 cm³/mol. The molecule has 0 aromatic carbocycles. The monoisotopic (exact) mass is 256 g/mol. The number of nitrogens with zero attached hydrogens (tertiary/aromatic N) is 2. The topological polar surface area (TPSA) is 38.0 Å². The lowest BCUT2D eigenvalue weighted by Gasteiger charge is -2.61. The third-order valence-electron chi connectivity index (χ3n) is 3.68. The van der Waals surface area contributed by atoms with Crippen molar-refractivity contribution in [3.8, 4) is 0 Å². The summed E-state index contributed by atoms with van der Waals surface area (Å²) in [6.07, 6.45) is 3.77. The van der Waals surface area contributed by atoms with E-state index in [1.165, 1.54) is 19.3 Å². The van der Waals surface area contributed by atoms with Crippen LogP contribution < -0.4 is 0 Å². The molecule has 4 rings (SSSR count). The molecule has 76 valence electrons. The zero-order chi connectivity index (χ0) is 9.92. The summed E-state index contributed by atoms with van der Waals surface area (Å²) in [4.78, 5) is 0.